The Kier molecular flexibility index (Phi) is 3.91. The van der Waals surface area contributed by atoms with Crippen LogP contribution < -0.4 is 5.32 Å². The maximum Gasteiger partial charge on any atom is 0.0641 e. The zero-order chi connectivity index (χ0) is 11.6. The molecule has 0 aliphatic rings. The number of rotatable bonds is 2. The van der Waals surface area contributed by atoms with E-state index in [1.165, 1.54) is 0 Å². The third-order valence-corrected chi connectivity index (χ3v) is 2.78. The summed E-state index contributed by atoms with van der Waals surface area (Å²) >= 11 is 12.1. The molecule has 0 saturated heterocycles. The molecule has 0 heterocycles. The summed E-state index contributed by atoms with van der Waals surface area (Å²) in [4.78, 5) is 0. The molecule has 84 valence electrons. The van der Waals surface area contributed by atoms with Crippen LogP contribution in [-0.4, -0.2) is 6.54 Å². The summed E-state index contributed by atoms with van der Waals surface area (Å²) in [5.74, 6) is 0. The fraction of sp³-hybridized carbons (Fsp3) is 0.500. The fourth-order valence-corrected chi connectivity index (χ4v) is 1.59. The van der Waals surface area contributed by atoms with Crippen LogP contribution in [0.4, 0.5) is 5.69 Å². The van der Waals surface area contributed by atoms with Crippen LogP contribution in [0, 0.1) is 12.3 Å². The van der Waals surface area contributed by atoms with E-state index in [0.717, 1.165) is 27.8 Å². The zero-order valence-electron chi connectivity index (χ0n) is 9.62. The summed E-state index contributed by atoms with van der Waals surface area (Å²) in [7, 11) is 0. The molecule has 1 rings (SSSR count). The monoisotopic (exact) mass is 245 g/mol. The Balaban J connectivity index is 2.82. The topological polar surface area (TPSA) is 12.0 Å². The molecule has 3 heteroatoms. The second-order valence-corrected chi connectivity index (χ2v) is 5.81. The largest absolute Gasteiger partial charge is 0.383 e. The van der Waals surface area contributed by atoms with Gasteiger partial charge in [0.25, 0.3) is 0 Å². The van der Waals surface area contributed by atoms with Crippen LogP contribution in [0.15, 0.2) is 12.1 Å². The van der Waals surface area contributed by atoms with E-state index in [-0.39, 0.29) is 5.41 Å². The van der Waals surface area contributed by atoms with Gasteiger partial charge in [0.15, 0.2) is 0 Å². The van der Waals surface area contributed by atoms with Crippen molar-refractivity contribution in [2.45, 2.75) is 27.7 Å². The van der Waals surface area contributed by atoms with Crippen molar-refractivity contribution in [2.75, 3.05) is 11.9 Å². The van der Waals surface area contributed by atoms with E-state index in [1.54, 1.807) is 0 Å². The predicted molar refractivity (Wildman–Crippen MR) is 69.1 cm³/mol. The average Bonchev–Trinajstić information content (AvgIpc) is 2.07. The minimum absolute atomic E-state index is 0.223. The van der Waals surface area contributed by atoms with Crippen LogP contribution in [0.5, 0.6) is 0 Å². The van der Waals surface area contributed by atoms with E-state index >= 15 is 0 Å². The quantitative estimate of drug-likeness (QED) is 0.793. The molecule has 0 spiro atoms. The van der Waals surface area contributed by atoms with Gasteiger partial charge in [-0.05, 0) is 30.0 Å². The zero-order valence-corrected chi connectivity index (χ0v) is 11.1. The predicted octanol–water partition coefficient (Wildman–Crippen LogP) is 4.76. The molecule has 0 aromatic heterocycles. The summed E-state index contributed by atoms with van der Waals surface area (Å²) in [6.07, 6.45) is 0. The first-order valence-electron chi connectivity index (χ1n) is 4.99. The molecule has 0 fully saturated rings. The highest BCUT2D eigenvalue weighted by Gasteiger charge is 2.11. The van der Waals surface area contributed by atoms with Crippen LogP contribution >= 0.6 is 23.2 Å². The number of benzene rings is 1. The van der Waals surface area contributed by atoms with Crippen molar-refractivity contribution in [3.05, 3.63) is 27.7 Å². The smallest absolute Gasteiger partial charge is 0.0641 e. The van der Waals surface area contributed by atoms with Gasteiger partial charge < -0.3 is 5.32 Å². The lowest BCUT2D eigenvalue weighted by atomic mass is 9.97. The number of halogens is 2. The first-order chi connectivity index (χ1) is 6.79. The van der Waals surface area contributed by atoms with Crippen LogP contribution in [-0.2, 0) is 0 Å². The molecule has 1 N–H and O–H groups in total. The number of nitrogens with one attached hydrogen (secondary N) is 1. The van der Waals surface area contributed by atoms with Crippen molar-refractivity contribution in [3.8, 4) is 0 Å². The molecule has 0 radical (unpaired) electrons. The number of anilines is 1. The Hall–Kier alpha value is -0.400. The molecule has 0 bridgehead atoms. The van der Waals surface area contributed by atoms with Crippen LogP contribution in [0.1, 0.15) is 26.3 Å². The van der Waals surface area contributed by atoms with E-state index in [9.17, 15) is 0 Å². The molecule has 1 aromatic rings. The third-order valence-electron chi connectivity index (χ3n) is 2.06. The SMILES string of the molecule is Cc1cc(Cl)c(NCC(C)(C)C)cc1Cl. The van der Waals surface area contributed by atoms with Crippen molar-refractivity contribution < 1.29 is 0 Å². The molecular weight excluding hydrogens is 229 g/mol. The number of hydrogen-bond donors (Lipinski definition) is 1. The van der Waals surface area contributed by atoms with Gasteiger partial charge in [-0.2, -0.15) is 0 Å². The standard InChI is InChI=1S/C12H17Cl2N/c1-8-5-10(14)11(6-9(8)13)15-7-12(2,3)4/h5-6,15H,7H2,1-4H3. The lowest BCUT2D eigenvalue weighted by molar-refractivity contribution is 0.443. The first-order valence-corrected chi connectivity index (χ1v) is 5.75. The Labute approximate surface area is 102 Å². The van der Waals surface area contributed by atoms with Gasteiger partial charge in [-0.25, -0.2) is 0 Å². The Bertz CT molecular complexity index is 353. The van der Waals surface area contributed by atoms with Gasteiger partial charge in [-0.1, -0.05) is 44.0 Å². The highest BCUT2D eigenvalue weighted by atomic mass is 35.5. The highest BCUT2D eigenvalue weighted by Crippen LogP contribution is 2.29. The van der Waals surface area contributed by atoms with Crippen molar-refractivity contribution in [1.29, 1.82) is 0 Å². The molecule has 1 nitrogen and oxygen atoms in total. The van der Waals surface area contributed by atoms with Gasteiger partial charge in [-0.15, -0.1) is 0 Å². The first kappa shape index (κ1) is 12.7. The van der Waals surface area contributed by atoms with Crippen molar-refractivity contribution in [1.82, 2.24) is 0 Å². The molecule has 0 unspecified atom stereocenters. The highest BCUT2D eigenvalue weighted by molar-refractivity contribution is 6.35. The Morgan fingerprint density at radius 2 is 1.73 bits per heavy atom. The van der Waals surface area contributed by atoms with Crippen LogP contribution in [0.3, 0.4) is 0 Å². The van der Waals surface area contributed by atoms with E-state index in [1.807, 2.05) is 19.1 Å². The van der Waals surface area contributed by atoms with E-state index < -0.39 is 0 Å². The molecule has 1 aromatic carbocycles. The molecule has 0 atom stereocenters. The summed E-state index contributed by atoms with van der Waals surface area (Å²) in [6.45, 7) is 9.32. The lowest BCUT2D eigenvalue weighted by Crippen LogP contribution is -2.19. The van der Waals surface area contributed by atoms with Crippen LogP contribution in [0.25, 0.3) is 0 Å². The number of aryl methyl sites for hydroxylation is 1. The van der Waals surface area contributed by atoms with Gasteiger partial charge in [0.2, 0.25) is 0 Å². The van der Waals surface area contributed by atoms with E-state index in [0.29, 0.717) is 0 Å². The minimum Gasteiger partial charge on any atom is -0.383 e. The summed E-state index contributed by atoms with van der Waals surface area (Å²) < 4.78 is 0. The number of hydrogen-bond acceptors (Lipinski definition) is 1. The van der Waals surface area contributed by atoms with Gasteiger partial charge in [0.1, 0.15) is 0 Å². The summed E-state index contributed by atoms with van der Waals surface area (Å²) in [5.41, 5.74) is 2.13. The van der Waals surface area contributed by atoms with Gasteiger partial charge >= 0.3 is 0 Å². The lowest BCUT2D eigenvalue weighted by Gasteiger charge is -2.20. The molecular formula is C12H17Cl2N. The maximum absolute atomic E-state index is 6.11. The second-order valence-electron chi connectivity index (χ2n) is 5.00. The normalized spacial score (nSPS) is 11.6. The maximum atomic E-state index is 6.11. The Morgan fingerprint density at radius 1 is 1.13 bits per heavy atom. The van der Waals surface area contributed by atoms with Crippen molar-refractivity contribution in [3.63, 3.8) is 0 Å². The van der Waals surface area contributed by atoms with E-state index in [4.69, 9.17) is 23.2 Å². The average molecular weight is 246 g/mol. The third kappa shape index (κ3) is 3.92. The molecule has 0 aliphatic carbocycles. The van der Waals surface area contributed by atoms with Crippen LogP contribution in [0.2, 0.25) is 10.0 Å². The van der Waals surface area contributed by atoms with Crippen molar-refractivity contribution in [2.24, 2.45) is 5.41 Å². The fourth-order valence-electron chi connectivity index (χ4n) is 1.14. The molecule has 0 saturated carbocycles. The summed E-state index contributed by atoms with van der Waals surface area (Å²) in [5, 5.41) is 4.77. The van der Waals surface area contributed by atoms with Crippen molar-refractivity contribution >= 4 is 28.9 Å². The molecule has 0 amide bonds. The molecule has 0 aliphatic heterocycles. The van der Waals surface area contributed by atoms with Gasteiger partial charge in [0, 0.05) is 11.6 Å². The molecule has 15 heavy (non-hydrogen) atoms. The second kappa shape index (κ2) is 4.63. The summed E-state index contributed by atoms with van der Waals surface area (Å²) in [6, 6.07) is 3.76. The minimum atomic E-state index is 0.223. The van der Waals surface area contributed by atoms with Gasteiger partial charge in [0.05, 0.1) is 10.7 Å². The van der Waals surface area contributed by atoms with E-state index in [2.05, 4.69) is 26.1 Å². The van der Waals surface area contributed by atoms with Gasteiger partial charge in [-0.3, -0.25) is 0 Å². The Morgan fingerprint density at radius 3 is 2.27 bits per heavy atom.